The fraction of sp³-hybridized carbons (Fsp3) is 0.500. The molecule has 206 valence electrons. The van der Waals surface area contributed by atoms with E-state index in [1.165, 1.54) is 12.1 Å². The van der Waals surface area contributed by atoms with Crippen LogP contribution < -0.4 is 15.4 Å². The number of nitrogens with one attached hydrogen (secondary N) is 2. The summed E-state index contributed by atoms with van der Waals surface area (Å²) in [5.41, 5.74) is 2.50. The largest absolute Gasteiger partial charge is 0.497 e. The minimum atomic E-state index is -0.994. The number of aliphatic hydroxyl groups is 1. The van der Waals surface area contributed by atoms with Gasteiger partial charge in [-0.3, -0.25) is 4.79 Å². The van der Waals surface area contributed by atoms with Gasteiger partial charge in [0.05, 0.1) is 32.0 Å². The standard InChI is InChI=1S/C30H38F2N2O4/c1-3-4-7-20-8-5-6-11-38-29-17-26(25-16-23(37-2)9-10-24(25)29)33-18-28(35)27(34-30(20)36)14-19-12-21(31)15-22(32)13-19/h5-6,9-10,12-13,15-16,20,26-29,33,35H,3-4,7-8,11,14,17-18H2,1-2H3,(H,34,36)/t20-,26-,27-,28+,29+/m0/s1. The van der Waals surface area contributed by atoms with Gasteiger partial charge in [-0.2, -0.15) is 0 Å². The first-order chi connectivity index (χ1) is 18.4. The number of hydrogen-bond donors (Lipinski definition) is 3. The number of fused-ring (bicyclic) bond motifs is 5. The van der Waals surface area contributed by atoms with Crippen LogP contribution in [0.25, 0.3) is 0 Å². The molecule has 0 fully saturated rings. The number of halogens is 2. The summed E-state index contributed by atoms with van der Waals surface area (Å²) in [4.78, 5) is 13.3. The van der Waals surface area contributed by atoms with E-state index in [-0.39, 0.29) is 36.9 Å². The summed E-state index contributed by atoms with van der Waals surface area (Å²) >= 11 is 0. The van der Waals surface area contributed by atoms with E-state index in [0.29, 0.717) is 31.4 Å². The highest BCUT2D eigenvalue weighted by Gasteiger charge is 2.33. The summed E-state index contributed by atoms with van der Waals surface area (Å²) in [5, 5.41) is 17.7. The molecule has 1 aliphatic heterocycles. The molecule has 0 saturated heterocycles. The molecule has 5 atom stereocenters. The predicted octanol–water partition coefficient (Wildman–Crippen LogP) is 4.92. The second-order valence-electron chi connectivity index (χ2n) is 10.2. The molecule has 3 N–H and O–H groups in total. The van der Waals surface area contributed by atoms with Crippen LogP contribution in [-0.2, 0) is 16.0 Å². The van der Waals surface area contributed by atoms with Crippen LogP contribution in [0, 0.1) is 17.6 Å². The van der Waals surface area contributed by atoms with Gasteiger partial charge in [-0.05, 0) is 66.6 Å². The van der Waals surface area contributed by atoms with E-state index in [9.17, 15) is 18.7 Å². The van der Waals surface area contributed by atoms with Crippen LogP contribution in [0.15, 0.2) is 48.6 Å². The van der Waals surface area contributed by atoms with Crippen LogP contribution in [0.3, 0.4) is 0 Å². The van der Waals surface area contributed by atoms with Crippen molar-refractivity contribution in [3.05, 3.63) is 76.9 Å². The Hall–Kier alpha value is -2.81. The van der Waals surface area contributed by atoms with Crippen molar-refractivity contribution in [2.45, 2.75) is 69.7 Å². The molecule has 2 bridgehead atoms. The predicted molar refractivity (Wildman–Crippen MR) is 142 cm³/mol. The Labute approximate surface area is 223 Å². The number of benzene rings is 2. The van der Waals surface area contributed by atoms with Crippen LogP contribution in [0.5, 0.6) is 5.75 Å². The minimum absolute atomic E-state index is 0.0888. The first-order valence-corrected chi connectivity index (χ1v) is 13.5. The molecule has 0 spiro atoms. The van der Waals surface area contributed by atoms with Gasteiger partial charge < -0.3 is 25.2 Å². The molecule has 2 aromatic rings. The molecule has 0 saturated carbocycles. The number of methoxy groups -OCH3 is 1. The number of allylic oxidation sites excluding steroid dienone is 1. The molecule has 0 unspecified atom stereocenters. The zero-order chi connectivity index (χ0) is 27.1. The van der Waals surface area contributed by atoms with Gasteiger partial charge in [0.2, 0.25) is 5.91 Å². The average molecular weight is 529 g/mol. The molecule has 0 aromatic heterocycles. The summed E-state index contributed by atoms with van der Waals surface area (Å²) in [6.07, 6.45) is 6.74. The molecule has 0 radical (unpaired) electrons. The number of ether oxygens (including phenoxy) is 2. The lowest BCUT2D eigenvalue weighted by atomic mass is 9.95. The van der Waals surface area contributed by atoms with Gasteiger partial charge in [0.15, 0.2) is 0 Å². The Balaban J connectivity index is 1.61. The Morgan fingerprint density at radius 3 is 2.63 bits per heavy atom. The third-order valence-electron chi connectivity index (χ3n) is 7.47. The van der Waals surface area contributed by atoms with E-state index in [0.717, 1.165) is 35.8 Å². The lowest BCUT2D eigenvalue weighted by Crippen LogP contribution is -2.50. The first kappa shape index (κ1) is 28.2. The second-order valence-corrected chi connectivity index (χ2v) is 10.2. The van der Waals surface area contributed by atoms with Gasteiger partial charge in [0, 0.05) is 24.6 Å². The highest BCUT2D eigenvalue weighted by Crippen LogP contribution is 2.42. The number of rotatable bonds is 6. The Bertz CT molecular complexity index is 1110. The van der Waals surface area contributed by atoms with Gasteiger partial charge in [0.1, 0.15) is 17.4 Å². The number of β-amino-alcohol motifs (C(OH)–C–C–N with tert-alkyl or cyclic N) is 1. The van der Waals surface area contributed by atoms with Gasteiger partial charge in [0.25, 0.3) is 0 Å². The van der Waals surface area contributed by atoms with Crippen molar-refractivity contribution in [1.29, 1.82) is 0 Å². The summed E-state index contributed by atoms with van der Waals surface area (Å²) in [6.45, 7) is 2.68. The normalized spacial score (nSPS) is 26.2. The smallest absolute Gasteiger partial charge is 0.223 e. The van der Waals surface area contributed by atoms with Crippen LogP contribution in [0.4, 0.5) is 8.78 Å². The van der Waals surface area contributed by atoms with Crippen molar-refractivity contribution in [3.8, 4) is 5.75 Å². The number of hydrogen-bond acceptors (Lipinski definition) is 5. The Morgan fingerprint density at radius 2 is 1.89 bits per heavy atom. The highest BCUT2D eigenvalue weighted by atomic mass is 19.1. The van der Waals surface area contributed by atoms with E-state index in [1.807, 2.05) is 30.4 Å². The monoisotopic (exact) mass is 528 g/mol. The van der Waals surface area contributed by atoms with Crippen molar-refractivity contribution in [1.82, 2.24) is 10.6 Å². The number of amides is 1. The average Bonchev–Trinajstić information content (AvgIpc) is 3.23. The fourth-order valence-electron chi connectivity index (χ4n) is 5.37. The van der Waals surface area contributed by atoms with E-state index >= 15 is 0 Å². The first-order valence-electron chi connectivity index (χ1n) is 13.5. The van der Waals surface area contributed by atoms with E-state index in [4.69, 9.17) is 9.47 Å². The highest BCUT2D eigenvalue weighted by molar-refractivity contribution is 5.79. The Kier molecular flexibility index (Phi) is 9.88. The van der Waals surface area contributed by atoms with Gasteiger partial charge in [-0.15, -0.1) is 0 Å². The van der Waals surface area contributed by atoms with E-state index < -0.39 is 23.8 Å². The van der Waals surface area contributed by atoms with E-state index in [1.54, 1.807) is 7.11 Å². The molecule has 38 heavy (non-hydrogen) atoms. The van der Waals surface area contributed by atoms with Gasteiger partial charge in [-0.1, -0.05) is 38.0 Å². The number of aliphatic hydroxyl groups excluding tert-OH is 1. The van der Waals surface area contributed by atoms with Gasteiger partial charge >= 0.3 is 0 Å². The molecule has 1 heterocycles. The minimum Gasteiger partial charge on any atom is -0.497 e. The fourth-order valence-corrected chi connectivity index (χ4v) is 5.37. The maximum Gasteiger partial charge on any atom is 0.223 e. The van der Waals surface area contributed by atoms with Crippen molar-refractivity contribution < 1.29 is 28.2 Å². The lowest BCUT2D eigenvalue weighted by Gasteiger charge is -2.28. The summed E-state index contributed by atoms with van der Waals surface area (Å²) in [6, 6.07) is 8.40. The third-order valence-corrected chi connectivity index (χ3v) is 7.47. The number of unbranched alkanes of at least 4 members (excludes halogenated alkanes) is 1. The topological polar surface area (TPSA) is 79.8 Å². The molecule has 8 heteroatoms. The molecule has 4 rings (SSSR count). The van der Waals surface area contributed by atoms with Crippen molar-refractivity contribution >= 4 is 5.91 Å². The summed E-state index contributed by atoms with van der Waals surface area (Å²) in [5.74, 6) is -1.08. The molecule has 1 aliphatic carbocycles. The molecular weight excluding hydrogens is 490 g/mol. The van der Waals surface area contributed by atoms with Crippen LogP contribution in [-0.4, -0.2) is 43.4 Å². The lowest BCUT2D eigenvalue weighted by molar-refractivity contribution is -0.126. The second kappa shape index (κ2) is 13.3. The molecule has 6 nitrogen and oxygen atoms in total. The maximum atomic E-state index is 13.9. The summed E-state index contributed by atoms with van der Waals surface area (Å²) < 4.78 is 39.5. The third kappa shape index (κ3) is 7.18. The quantitative estimate of drug-likeness (QED) is 0.464. The maximum absolute atomic E-state index is 13.9. The van der Waals surface area contributed by atoms with Crippen molar-refractivity contribution in [2.24, 2.45) is 5.92 Å². The Morgan fingerprint density at radius 1 is 1.11 bits per heavy atom. The molecular formula is C30H38F2N2O4. The zero-order valence-electron chi connectivity index (χ0n) is 22.1. The number of carbonyl (C=O) groups is 1. The summed E-state index contributed by atoms with van der Waals surface area (Å²) in [7, 11) is 1.62. The van der Waals surface area contributed by atoms with Crippen LogP contribution in [0.1, 0.15) is 67.9 Å². The van der Waals surface area contributed by atoms with Crippen molar-refractivity contribution in [3.63, 3.8) is 0 Å². The molecule has 2 aromatic carbocycles. The number of carbonyl (C=O) groups excluding carboxylic acids is 1. The van der Waals surface area contributed by atoms with Crippen LogP contribution >= 0.6 is 0 Å². The molecule has 2 aliphatic rings. The van der Waals surface area contributed by atoms with Gasteiger partial charge in [-0.25, -0.2) is 8.78 Å². The van der Waals surface area contributed by atoms with Crippen molar-refractivity contribution in [2.75, 3.05) is 20.3 Å². The molecule has 1 amide bonds. The van der Waals surface area contributed by atoms with E-state index in [2.05, 4.69) is 17.6 Å². The SMILES string of the molecule is CCCC[C@H]1CC=CCO[C@@H]2C[C@H](NC[C@@H](O)[C@H](Cc3cc(F)cc(F)c3)NC1=O)c1cc(OC)ccc12. The zero-order valence-corrected chi connectivity index (χ0v) is 22.1. The van der Waals surface area contributed by atoms with Crippen LogP contribution in [0.2, 0.25) is 0 Å².